The van der Waals surface area contributed by atoms with Crippen molar-refractivity contribution in [1.29, 1.82) is 0 Å². The average molecular weight is 919 g/mol. The van der Waals surface area contributed by atoms with Crippen molar-refractivity contribution in [3.63, 3.8) is 0 Å². The second kappa shape index (κ2) is 14.9. The van der Waals surface area contributed by atoms with E-state index in [1.54, 1.807) is 0 Å². The summed E-state index contributed by atoms with van der Waals surface area (Å²) in [7, 11) is 0. The van der Waals surface area contributed by atoms with E-state index >= 15 is 0 Å². The first kappa shape index (κ1) is 39.1. The maximum absolute atomic E-state index is 6.78. The molecule has 6 heterocycles. The van der Waals surface area contributed by atoms with Gasteiger partial charge in [-0.25, -0.2) is 9.97 Å². The second-order valence-electron chi connectivity index (χ2n) is 18.8. The maximum Gasteiger partial charge on any atom is 0.178 e. The van der Waals surface area contributed by atoms with Crippen LogP contribution in [0.4, 0.5) is 0 Å². The van der Waals surface area contributed by atoms with Crippen molar-refractivity contribution in [3.8, 4) is 44.8 Å². The predicted molar refractivity (Wildman–Crippen MR) is 297 cm³/mol. The summed E-state index contributed by atoms with van der Waals surface area (Å²) in [6.07, 6.45) is 0. The van der Waals surface area contributed by atoms with Crippen LogP contribution >= 0.6 is 0 Å². The van der Waals surface area contributed by atoms with Gasteiger partial charge in [0.15, 0.2) is 11.2 Å². The third-order valence-corrected chi connectivity index (χ3v) is 14.9. The molecule has 0 fully saturated rings. The molecule has 10 aromatic carbocycles. The Hall–Kier alpha value is -9.78. The molecule has 0 amide bonds. The molecule has 16 aromatic rings. The van der Waals surface area contributed by atoms with Crippen molar-refractivity contribution in [3.05, 3.63) is 231 Å². The van der Waals surface area contributed by atoms with Gasteiger partial charge >= 0.3 is 0 Å². The van der Waals surface area contributed by atoms with Gasteiger partial charge in [0.25, 0.3) is 0 Å². The van der Waals surface area contributed by atoms with E-state index in [-0.39, 0.29) is 0 Å². The standard InChI is InChI=1S/C66H38N4O2/c1-2-15-39(16-3-1)42-29-32-57-51(36-42)52-38-44(31-34-58(52)70(57)64-47-21-5-10-25-54(47)68-62-49-23-8-13-28-60(49)72-66(62)64)41-18-14-17-40(35-41)43-30-33-56-50(37-43)45-19-6-11-26-55(45)69(56)63-46-20-4-9-24-53(46)67-61-48-22-7-12-27-59(48)71-65(61)63/h1-38H. The SMILES string of the molecule is c1ccc(-c2ccc3c(c2)c2cc(-c4cccc(-c5ccc6c(c5)c5ccccc5n6-c5c6ccccc6nc6c5oc5ccccc56)c4)ccc2n3-c2c3ccccc3nc3c2oc2ccccc23)cc1. The highest BCUT2D eigenvalue weighted by Crippen LogP contribution is 2.45. The lowest BCUT2D eigenvalue weighted by Crippen LogP contribution is -1.98. The van der Waals surface area contributed by atoms with Gasteiger partial charge in [0, 0.05) is 43.1 Å². The van der Waals surface area contributed by atoms with Gasteiger partial charge in [0.2, 0.25) is 0 Å². The number of aromatic nitrogens is 4. The zero-order valence-corrected chi connectivity index (χ0v) is 38.5. The number of furan rings is 2. The van der Waals surface area contributed by atoms with E-state index in [1.807, 2.05) is 30.3 Å². The van der Waals surface area contributed by atoms with Gasteiger partial charge in [-0.3, -0.25) is 0 Å². The molecule has 0 N–H and O–H groups in total. The molecule has 0 aliphatic heterocycles. The molecule has 0 saturated carbocycles. The van der Waals surface area contributed by atoms with Gasteiger partial charge in [0.1, 0.15) is 33.6 Å². The summed E-state index contributed by atoms with van der Waals surface area (Å²) in [6, 6.07) is 82.2. The molecule has 6 aromatic heterocycles. The van der Waals surface area contributed by atoms with Crippen molar-refractivity contribution in [1.82, 2.24) is 19.1 Å². The molecular weight excluding hydrogens is 881 g/mol. The minimum Gasteiger partial charge on any atom is -0.452 e. The first-order valence-corrected chi connectivity index (χ1v) is 24.4. The van der Waals surface area contributed by atoms with Crippen LogP contribution in [0.2, 0.25) is 0 Å². The van der Waals surface area contributed by atoms with Crippen LogP contribution in [0, 0.1) is 0 Å². The first-order chi connectivity index (χ1) is 35.7. The van der Waals surface area contributed by atoms with Crippen LogP contribution in [0.3, 0.4) is 0 Å². The summed E-state index contributed by atoms with van der Waals surface area (Å²) >= 11 is 0. The lowest BCUT2D eigenvalue weighted by molar-refractivity contribution is 0.666. The average Bonchev–Trinajstić information content (AvgIpc) is 4.19. The molecule has 0 spiro atoms. The molecule has 334 valence electrons. The fourth-order valence-electron chi connectivity index (χ4n) is 11.6. The van der Waals surface area contributed by atoms with Crippen molar-refractivity contribution >= 4 is 110 Å². The molecule has 0 atom stereocenters. The maximum atomic E-state index is 6.78. The minimum absolute atomic E-state index is 0.773. The Morgan fingerprint density at radius 3 is 1.17 bits per heavy atom. The number of para-hydroxylation sites is 5. The van der Waals surface area contributed by atoms with E-state index in [4.69, 9.17) is 18.8 Å². The van der Waals surface area contributed by atoms with E-state index in [1.165, 1.54) is 27.3 Å². The normalized spacial score (nSPS) is 12.2. The molecule has 6 heteroatoms. The summed E-state index contributed by atoms with van der Waals surface area (Å²) in [5.41, 5.74) is 20.1. The zero-order valence-electron chi connectivity index (χ0n) is 38.5. The summed E-state index contributed by atoms with van der Waals surface area (Å²) in [6.45, 7) is 0. The van der Waals surface area contributed by atoms with Gasteiger partial charge in [-0.05, 0) is 118 Å². The molecule has 0 unspecified atom stereocenters. The Kier molecular flexibility index (Phi) is 8.07. The monoisotopic (exact) mass is 918 g/mol. The molecule has 0 radical (unpaired) electrons. The Morgan fingerprint density at radius 2 is 0.639 bits per heavy atom. The summed E-state index contributed by atoms with van der Waals surface area (Å²) in [5, 5.41) is 8.76. The van der Waals surface area contributed by atoms with Crippen molar-refractivity contribution in [2.24, 2.45) is 0 Å². The van der Waals surface area contributed by atoms with Gasteiger partial charge in [-0.2, -0.15) is 0 Å². The Bertz CT molecular complexity index is 4940. The van der Waals surface area contributed by atoms with Gasteiger partial charge in [-0.15, -0.1) is 0 Å². The second-order valence-corrected chi connectivity index (χ2v) is 18.8. The Morgan fingerprint density at radius 1 is 0.264 bits per heavy atom. The summed E-state index contributed by atoms with van der Waals surface area (Å²) < 4.78 is 18.3. The molecule has 0 aliphatic rings. The largest absolute Gasteiger partial charge is 0.452 e. The van der Waals surface area contributed by atoms with Crippen molar-refractivity contribution in [2.75, 3.05) is 0 Å². The number of benzene rings is 10. The third-order valence-electron chi connectivity index (χ3n) is 14.9. The number of pyridine rings is 2. The third kappa shape index (κ3) is 5.60. The molecule has 0 aliphatic carbocycles. The molecule has 0 bridgehead atoms. The number of hydrogen-bond acceptors (Lipinski definition) is 4. The zero-order chi connectivity index (χ0) is 47.0. The van der Waals surface area contributed by atoms with Gasteiger partial charge in [0.05, 0.1) is 33.1 Å². The number of rotatable bonds is 5. The van der Waals surface area contributed by atoms with Crippen LogP contribution in [0.15, 0.2) is 239 Å². The fraction of sp³-hybridized carbons (Fsp3) is 0. The molecule has 6 nitrogen and oxygen atoms in total. The molecule has 0 saturated heterocycles. The van der Waals surface area contributed by atoms with Crippen molar-refractivity contribution < 1.29 is 8.83 Å². The molecule has 16 rings (SSSR count). The smallest absolute Gasteiger partial charge is 0.178 e. The van der Waals surface area contributed by atoms with Crippen molar-refractivity contribution in [2.45, 2.75) is 0 Å². The summed E-state index contributed by atoms with van der Waals surface area (Å²) in [5.74, 6) is 0. The van der Waals surface area contributed by atoms with E-state index in [9.17, 15) is 0 Å². The topological polar surface area (TPSA) is 61.9 Å². The highest BCUT2D eigenvalue weighted by molar-refractivity contribution is 6.19. The van der Waals surface area contributed by atoms with Crippen LogP contribution < -0.4 is 0 Å². The van der Waals surface area contributed by atoms with Crippen LogP contribution in [-0.4, -0.2) is 19.1 Å². The predicted octanol–water partition coefficient (Wildman–Crippen LogP) is 17.8. The van der Waals surface area contributed by atoms with Crippen LogP contribution in [0.25, 0.3) is 154 Å². The highest BCUT2D eigenvalue weighted by atomic mass is 16.3. The number of nitrogens with zero attached hydrogens (tertiary/aromatic N) is 4. The molecule has 72 heavy (non-hydrogen) atoms. The van der Waals surface area contributed by atoms with Crippen LogP contribution in [0.5, 0.6) is 0 Å². The lowest BCUT2D eigenvalue weighted by Gasteiger charge is -2.13. The Labute approximate surface area is 410 Å². The number of hydrogen-bond donors (Lipinski definition) is 0. The fourth-order valence-corrected chi connectivity index (χ4v) is 11.6. The minimum atomic E-state index is 0.773. The molecular formula is C66H38N4O2. The van der Waals surface area contributed by atoms with E-state index in [0.717, 1.165) is 127 Å². The van der Waals surface area contributed by atoms with Gasteiger partial charge in [-0.1, -0.05) is 146 Å². The van der Waals surface area contributed by atoms with E-state index in [2.05, 4.69) is 209 Å². The number of fused-ring (bicyclic) bond motifs is 14. The highest BCUT2D eigenvalue weighted by Gasteiger charge is 2.24. The van der Waals surface area contributed by atoms with E-state index in [0.29, 0.717) is 0 Å². The first-order valence-electron chi connectivity index (χ1n) is 24.4. The quantitative estimate of drug-likeness (QED) is 0.173. The summed E-state index contributed by atoms with van der Waals surface area (Å²) in [4.78, 5) is 10.4. The van der Waals surface area contributed by atoms with Gasteiger partial charge < -0.3 is 18.0 Å². The van der Waals surface area contributed by atoms with E-state index < -0.39 is 0 Å². The Balaban J connectivity index is 0.885. The van der Waals surface area contributed by atoms with Crippen LogP contribution in [0.1, 0.15) is 0 Å². The van der Waals surface area contributed by atoms with Crippen LogP contribution in [-0.2, 0) is 0 Å². The lowest BCUT2D eigenvalue weighted by atomic mass is 9.96.